The molecule has 0 fully saturated rings. The van der Waals surface area contributed by atoms with Crippen molar-refractivity contribution in [3.05, 3.63) is 77.4 Å². The summed E-state index contributed by atoms with van der Waals surface area (Å²) in [5.41, 5.74) is 2.06. The lowest BCUT2D eigenvalue weighted by atomic mass is 10.0. The van der Waals surface area contributed by atoms with Crippen LogP contribution in [0.2, 0.25) is 0 Å². The lowest BCUT2D eigenvalue weighted by Crippen LogP contribution is -2.60. The molecule has 2 aromatic heterocycles. The third-order valence-corrected chi connectivity index (χ3v) is 5.25. The summed E-state index contributed by atoms with van der Waals surface area (Å²) < 4.78 is 1.59. The van der Waals surface area contributed by atoms with Crippen LogP contribution in [0, 0.1) is 0 Å². The number of pyridine rings is 1. The highest BCUT2D eigenvalue weighted by molar-refractivity contribution is 7.99. The zero-order valence-corrected chi connectivity index (χ0v) is 16.0. The van der Waals surface area contributed by atoms with Crippen molar-refractivity contribution in [2.45, 2.75) is 18.2 Å². The predicted molar refractivity (Wildman–Crippen MR) is 107 cm³/mol. The van der Waals surface area contributed by atoms with Crippen LogP contribution in [0.3, 0.4) is 0 Å². The van der Waals surface area contributed by atoms with Gasteiger partial charge in [-0.1, -0.05) is 36.0 Å². The monoisotopic (exact) mass is 392 g/mol. The van der Waals surface area contributed by atoms with E-state index in [2.05, 4.69) is 21.6 Å². The fourth-order valence-corrected chi connectivity index (χ4v) is 3.90. The largest absolute Gasteiger partial charge is 0.325 e. The molecule has 0 radical (unpaired) electrons. The van der Waals surface area contributed by atoms with Gasteiger partial charge in [-0.15, -0.1) is 6.58 Å². The number of anilines is 1. The highest BCUT2D eigenvalue weighted by atomic mass is 32.2. The van der Waals surface area contributed by atoms with Crippen molar-refractivity contribution >= 4 is 23.4 Å². The standard InChI is InChI=1S/C20H17N5O2S/c1-3-12-28-20-22-18(27)17-14-8-4-5-10-16(14)24(13(2)26)19(25(17)23-20)15-9-6-7-11-21-15/h3-11,19H,1,12H2,2H3/p+1. The van der Waals surface area contributed by atoms with E-state index in [-0.39, 0.29) is 11.5 Å². The van der Waals surface area contributed by atoms with E-state index >= 15 is 0 Å². The van der Waals surface area contributed by atoms with Crippen LogP contribution in [0.5, 0.6) is 0 Å². The molecule has 0 bridgehead atoms. The van der Waals surface area contributed by atoms with Gasteiger partial charge in [0.15, 0.2) is 0 Å². The molecule has 1 unspecified atom stereocenters. The highest BCUT2D eigenvalue weighted by Gasteiger charge is 2.45. The van der Waals surface area contributed by atoms with Crippen LogP contribution < -0.4 is 15.1 Å². The van der Waals surface area contributed by atoms with Gasteiger partial charge in [-0.3, -0.25) is 19.6 Å². The molecular formula is C20H18N5O2S+. The topological polar surface area (TPSA) is 82.8 Å². The molecule has 1 amide bonds. The van der Waals surface area contributed by atoms with Crippen molar-refractivity contribution < 1.29 is 9.48 Å². The molecular weight excluding hydrogens is 374 g/mol. The average molecular weight is 392 g/mol. The van der Waals surface area contributed by atoms with Gasteiger partial charge in [0.25, 0.3) is 0 Å². The van der Waals surface area contributed by atoms with Crippen LogP contribution in [0.1, 0.15) is 18.8 Å². The van der Waals surface area contributed by atoms with E-state index in [4.69, 9.17) is 0 Å². The number of rotatable bonds is 4. The van der Waals surface area contributed by atoms with Crippen molar-refractivity contribution in [3.8, 4) is 11.3 Å². The van der Waals surface area contributed by atoms with E-state index in [1.807, 2.05) is 36.4 Å². The maximum Gasteiger partial charge on any atom is 0.325 e. The minimum absolute atomic E-state index is 0.163. The Morgan fingerprint density at radius 3 is 2.82 bits per heavy atom. The van der Waals surface area contributed by atoms with Crippen LogP contribution in [0.15, 0.2) is 71.3 Å². The zero-order chi connectivity index (χ0) is 19.7. The molecule has 0 saturated heterocycles. The molecule has 3 aromatic rings. The minimum Gasteiger partial charge on any atom is -0.291 e. The third kappa shape index (κ3) is 3.01. The second-order valence-electron chi connectivity index (χ2n) is 6.19. The van der Waals surface area contributed by atoms with Crippen LogP contribution in [-0.4, -0.2) is 26.7 Å². The summed E-state index contributed by atoms with van der Waals surface area (Å²) in [4.78, 5) is 34.5. The van der Waals surface area contributed by atoms with Gasteiger partial charge in [0, 0.05) is 24.0 Å². The number of aromatic amines is 1. The lowest BCUT2D eigenvalue weighted by Gasteiger charge is -2.30. The first-order valence-corrected chi connectivity index (χ1v) is 9.70. The van der Waals surface area contributed by atoms with Gasteiger partial charge in [0.1, 0.15) is 5.69 Å². The second kappa shape index (κ2) is 7.40. The van der Waals surface area contributed by atoms with Gasteiger partial charge in [-0.25, -0.2) is 4.90 Å². The normalized spacial score (nSPS) is 14.9. The van der Waals surface area contributed by atoms with Gasteiger partial charge in [0.05, 0.1) is 11.3 Å². The van der Waals surface area contributed by atoms with Crippen LogP contribution in [0.4, 0.5) is 5.69 Å². The molecule has 0 saturated carbocycles. The van der Waals surface area contributed by atoms with E-state index in [0.29, 0.717) is 33.5 Å². The third-order valence-electron chi connectivity index (χ3n) is 4.39. The molecule has 1 aliphatic rings. The summed E-state index contributed by atoms with van der Waals surface area (Å²) in [5, 5.41) is 5.10. The molecule has 4 rings (SSSR count). The second-order valence-corrected chi connectivity index (χ2v) is 7.20. The van der Waals surface area contributed by atoms with Gasteiger partial charge in [0.2, 0.25) is 11.1 Å². The molecule has 28 heavy (non-hydrogen) atoms. The van der Waals surface area contributed by atoms with Gasteiger partial charge in [-0.05, 0) is 28.9 Å². The Hall–Kier alpha value is -3.26. The fraction of sp³-hybridized carbons (Fsp3) is 0.150. The molecule has 0 spiro atoms. The van der Waals surface area contributed by atoms with E-state index in [9.17, 15) is 9.59 Å². The number of carbonyl (C=O) groups is 1. The minimum atomic E-state index is -0.658. The maximum atomic E-state index is 13.0. The fourth-order valence-electron chi connectivity index (χ4n) is 3.31. The first kappa shape index (κ1) is 18.1. The van der Waals surface area contributed by atoms with Gasteiger partial charge < -0.3 is 0 Å². The molecule has 140 valence electrons. The van der Waals surface area contributed by atoms with Crippen molar-refractivity contribution in [2.75, 3.05) is 10.7 Å². The molecule has 1 aliphatic heterocycles. The number of aromatic nitrogens is 4. The molecule has 3 heterocycles. The molecule has 8 heteroatoms. The Morgan fingerprint density at radius 1 is 1.32 bits per heavy atom. The number of fused-ring (bicyclic) bond motifs is 3. The molecule has 1 aromatic carbocycles. The van der Waals surface area contributed by atoms with Crippen molar-refractivity contribution in [3.63, 3.8) is 0 Å². The van der Waals surface area contributed by atoms with E-state index in [0.717, 1.165) is 0 Å². The number of thioether (sulfide) groups is 1. The van der Waals surface area contributed by atoms with Crippen molar-refractivity contribution in [1.29, 1.82) is 0 Å². The van der Waals surface area contributed by atoms with Crippen LogP contribution in [0.25, 0.3) is 11.3 Å². The summed E-state index contributed by atoms with van der Waals surface area (Å²) in [6.45, 7) is 5.20. The Bertz CT molecular complexity index is 1110. The summed E-state index contributed by atoms with van der Waals surface area (Å²) in [6.07, 6.45) is 2.74. The number of H-pyrrole nitrogens is 1. The van der Waals surface area contributed by atoms with Crippen LogP contribution in [-0.2, 0) is 4.79 Å². The molecule has 7 nitrogen and oxygen atoms in total. The average Bonchev–Trinajstić information content (AvgIpc) is 2.71. The van der Waals surface area contributed by atoms with E-state index in [1.54, 1.807) is 27.9 Å². The van der Waals surface area contributed by atoms with E-state index in [1.165, 1.54) is 18.7 Å². The number of amides is 1. The number of carbonyl (C=O) groups excluding carboxylic acids is 1. The number of nitrogens with zero attached hydrogens (tertiary/aromatic N) is 4. The SMILES string of the molecule is C=CCSc1n[n+]2c(c(=O)[nH]1)-c1ccccc1N(C(C)=O)C2c1ccccn1. The predicted octanol–water partition coefficient (Wildman–Crippen LogP) is 2.31. The summed E-state index contributed by atoms with van der Waals surface area (Å²) in [7, 11) is 0. The number of para-hydroxylation sites is 1. The smallest absolute Gasteiger partial charge is 0.291 e. The van der Waals surface area contributed by atoms with Gasteiger partial charge >= 0.3 is 17.4 Å². The lowest BCUT2D eigenvalue weighted by molar-refractivity contribution is -0.763. The summed E-state index contributed by atoms with van der Waals surface area (Å²) in [5.74, 6) is 0.437. The van der Waals surface area contributed by atoms with E-state index < -0.39 is 6.17 Å². The van der Waals surface area contributed by atoms with Crippen LogP contribution >= 0.6 is 11.8 Å². The summed E-state index contributed by atoms with van der Waals surface area (Å²) in [6, 6.07) is 12.8. The number of benzene rings is 1. The molecule has 1 N–H and O–H groups in total. The Kier molecular flexibility index (Phi) is 4.79. The quantitative estimate of drug-likeness (QED) is 0.419. The molecule has 0 aliphatic carbocycles. The maximum absolute atomic E-state index is 13.0. The Morgan fingerprint density at radius 2 is 2.11 bits per heavy atom. The Labute approximate surface area is 165 Å². The number of hydrogen-bond acceptors (Lipinski definition) is 5. The van der Waals surface area contributed by atoms with Gasteiger partial charge in [-0.2, -0.15) is 0 Å². The number of hydrogen-bond donors (Lipinski definition) is 1. The number of nitrogens with one attached hydrogen (secondary N) is 1. The Balaban J connectivity index is 2.03. The first-order valence-electron chi connectivity index (χ1n) is 8.71. The van der Waals surface area contributed by atoms with Crippen molar-refractivity contribution in [2.24, 2.45) is 0 Å². The van der Waals surface area contributed by atoms with Crippen molar-refractivity contribution in [1.82, 2.24) is 15.1 Å². The zero-order valence-electron chi connectivity index (χ0n) is 15.2. The molecule has 1 atom stereocenters. The highest BCUT2D eigenvalue weighted by Crippen LogP contribution is 2.36. The summed E-state index contributed by atoms with van der Waals surface area (Å²) >= 11 is 1.37. The first-order chi connectivity index (χ1) is 13.6.